The average molecular weight is 368 g/mol. The summed E-state index contributed by atoms with van der Waals surface area (Å²) in [6.07, 6.45) is -4.31. The number of alkyl halides is 3. The van der Waals surface area contributed by atoms with E-state index in [0.29, 0.717) is 18.8 Å². The first-order valence-corrected chi connectivity index (χ1v) is 8.35. The van der Waals surface area contributed by atoms with Crippen LogP contribution in [0.1, 0.15) is 41.6 Å². The fourth-order valence-electron chi connectivity index (χ4n) is 2.85. The van der Waals surface area contributed by atoms with E-state index >= 15 is 0 Å². The molecule has 3 rings (SSSR count). The molecule has 1 amide bonds. The van der Waals surface area contributed by atoms with Crippen molar-refractivity contribution in [1.82, 2.24) is 5.32 Å². The summed E-state index contributed by atoms with van der Waals surface area (Å²) < 4.78 is 48.2. The molecule has 1 N–H and O–H groups in total. The molecule has 1 saturated carbocycles. The Bertz CT molecular complexity index is 727. The van der Waals surface area contributed by atoms with E-state index in [1.54, 1.807) is 6.07 Å². The smallest absolute Gasteiger partial charge is 0.304 e. The summed E-state index contributed by atoms with van der Waals surface area (Å²) in [4.78, 5) is 12.5. The number of benzene rings is 1. The van der Waals surface area contributed by atoms with Crippen molar-refractivity contribution in [3.8, 4) is 11.8 Å². The van der Waals surface area contributed by atoms with Crippen molar-refractivity contribution in [2.24, 2.45) is 5.41 Å². The van der Waals surface area contributed by atoms with E-state index in [1.807, 2.05) is 13.0 Å². The highest BCUT2D eigenvalue weighted by atomic mass is 19.3. The lowest BCUT2D eigenvalue weighted by molar-refractivity contribution is -0.110. The molecule has 1 aromatic rings. The van der Waals surface area contributed by atoms with Crippen LogP contribution in [-0.4, -0.2) is 37.9 Å². The monoisotopic (exact) mass is 368 g/mol. The van der Waals surface area contributed by atoms with Crippen LogP contribution in [0.3, 0.4) is 0 Å². The van der Waals surface area contributed by atoms with Crippen LogP contribution >= 0.6 is 0 Å². The Balaban J connectivity index is 1.78. The van der Waals surface area contributed by atoms with Crippen molar-refractivity contribution < 1.29 is 27.4 Å². The second-order valence-electron chi connectivity index (χ2n) is 7.01. The third-order valence-corrected chi connectivity index (χ3v) is 4.70. The maximum atomic E-state index is 13.4. The predicted molar refractivity (Wildman–Crippen MR) is 85.7 cm³/mol. The minimum atomic E-state index is -3.28. The summed E-state index contributed by atoms with van der Waals surface area (Å²) in [7, 11) is 0. The molecule has 1 aromatic carbocycles. The Hall–Kier alpha value is -2.27. The van der Waals surface area contributed by atoms with Gasteiger partial charge in [-0.2, -0.15) is 9.65 Å². The number of nitriles is 1. The van der Waals surface area contributed by atoms with Crippen LogP contribution in [0.15, 0.2) is 18.2 Å². The summed E-state index contributed by atoms with van der Waals surface area (Å²) in [5.74, 6) is -0.478. The molecule has 0 bridgehead atoms. The highest BCUT2D eigenvalue weighted by molar-refractivity contribution is 5.95. The van der Waals surface area contributed by atoms with Gasteiger partial charge >= 0.3 is 6.43 Å². The second kappa shape index (κ2) is 7.16. The first-order chi connectivity index (χ1) is 12.3. The predicted octanol–water partition coefficient (Wildman–Crippen LogP) is 3.16. The number of rotatable bonds is 7. The van der Waals surface area contributed by atoms with Gasteiger partial charge in [-0.05, 0) is 36.5 Å². The first kappa shape index (κ1) is 18.5. The third-order valence-electron chi connectivity index (χ3n) is 4.70. The van der Waals surface area contributed by atoms with Gasteiger partial charge < -0.3 is 14.8 Å². The summed E-state index contributed by atoms with van der Waals surface area (Å²) in [6, 6.07) is 5.66. The number of carbonyl (C=O) groups excluding carboxylic acids is 1. The van der Waals surface area contributed by atoms with Gasteiger partial charge in [0.05, 0.1) is 19.3 Å². The largest absolute Gasteiger partial charge is 0.454 e. The molecule has 1 aliphatic carbocycles. The van der Waals surface area contributed by atoms with Crippen LogP contribution in [0.25, 0.3) is 0 Å². The molecule has 1 aliphatic heterocycles. The molecule has 0 aromatic heterocycles. The molecule has 26 heavy (non-hydrogen) atoms. The number of hydrogen-bond donors (Lipinski definition) is 1. The molecular formula is C18H19F3N2O3. The molecular weight excluding hydrogens is 349 g/mol. The zero-order chi connectivity index (χ0) is 18.9. The van der Waals surface area contributed by atoms with Crippen LogP contribution in [0, 0.1) is 16.7 Å². The van der Waals surface area contributed by atoms with Crippen molar-refractivity contribution in [2.75, 3.05) is 13.2 Å². The van der Waals surface area contributed by atoms with Gasteiger partial charge in [-0.15, -0.1) is 0 Å². The summed E-state index contributed by atoms with van der Waals surface area (Å²) in [5.41, 5.74) is 0.258. The summed E-state index contributed by atoms with van der Waals surface area (Å²) in [6.45, 7) is 2.54. The maximum Gasteiger partial charge on any atom is 0.304 e. The van der Waals surface area contributed by atoms with E-state index in [2.05, 4.69) is 5.32 Å². The van der Waals surface area contributed by atoms with E-state index in [9.17, 15) is 23.2 Å². The quantitative estimate of drug-likeness (QED) is 0.803. The Morgan fingerprint density at radius 2 is 2.08 bits per heavy atom. The van der Waals surface area contributed by atoms with Gasteiger partial charge in [-0.1, -0.05) is 13.0 Å². The van der Waals surface area contributed by atoms with Gasteiger partial charge in [0.25, 0.3) is 12.3 Å². The molecule has 5 nitrogen and oxygen atoms in total. The van der Waals surface area contributed by atoms with E-state index in [-0.39, 0.29) is 17.2 Å². The number of nitrogens with zero attached hydrogens (tertiary/aromatic N) is 1. The molecule has 1 saturated heterocycles. The average Bonchev–Trinajstić information content (AvgIpc) is 3.42. The molecule has 2 aliphatic rings. The minimum absolute atomic E-state index is 0.0559. The van der Waals surface area contributed by atoms with Crippen molar-refractivity contribution in [3.05, 3.63) is 29.3 Å². The van der Waals surface area contributed by atoms with Gasteiger partial charge in [0.2, 0.25) is 0 Å². The Morgan fingerprint density at radius 3 is 2.58 bits per heavy atom. The number of amides is 1. The van der Waals surface area contributed by atoms with Gasteiger partial charge in [0, 0.05) is 11.0 Å². The van der Waals surface area contributed by atoms with E-state index < -0.39 is 30.1 Å². The fraction of sp³-hybridized carbons (Fsp3) is 0.556. The van der Waals surface area contributed by atoms with Crippen molar-refractivity contribution >= 4 is 5.91 Å². The van der Waals surface area contributed by atoms with Crippen LogP contribution in [0.5, 0.6) is 5.75 Å². The van der Waals surface area contributed by atoms with Crippen molar-refractivity contribution in [1.29, 1.82) is 5.26 Å². The van der Waals surface area contributed by atoms with Gasteiger partial charge in [-0.25, -0.2) is 8.78 Å². The van der Waals surface area contributed by atoms with Crippen LogP contribution < -0.4 is 10.1 Å². The SMILES string of the molecule is CC1(C(C#N)NC(=O)c2ccc(C3CC3)c(OC(F)C(F)F)c2)COC1. The van der Waals surface area contributed by atoms with Crippen LogP contribution in [0.2, 0.25) is 0 Å². The number of hydrogen-bond acceptors (Lipinski definition) is 4. The zero-order valence-electron chi connectivity index (χ0n) is 14.2. The normalized spacial score (nSPS) is 20.6. The Labute approximate surface area is 149 Å². The zero-order valence-corrected chi connectivity index (χ0v) is 14.2. The molecule has 2 fully saturated rings. The molecule has 2 unspecified atom stereocenters. The fourth-order valence-corrected chi connectivity index (χ4v) is 2.85. The molecule has 0 spiro atoms. The Morgan fingerprint density at radius 1 is 1.38 bits per heavy atom. The van der Waals surface area contributed by atoms with Crippen molar-refractivity contribution in [3.63, 3.8) is 0 Å². The molecule has 0 radical (unpaired) electrons. The lowest BCUT2D eigenvalue weighted by Crippen LogP contribution is -2.55. The summed E-state index contributed by atoms with van der Waals surface area (Å²) in [5, 5.41) is 11.9. The highest BCUT2D eigenvalue weighted by Crippen LogP contribution is 2.45. The van der Waals surface area contributed by atoms with Gasteiger partial charge in [-0.3, -0.25) is 4.79 Å². The minimum Gasteiger partial charge on any atom is -0.454 e. The maximum absolute atomic E-state index is 13.4. The topological polar surface area (TPSA) is 71.4 Å². The first-order valence-electron chi connectivity index (χ1n) is 8.35. The molecule has 140 valence electrons. The van der Waals surface area contributed by atoms with Crippen LogP contribution in [-0.2, 0) is 4.74 Å². The molecule has 2 atom stereocenters. The number of nitrogens with one attached hydrogen (secondary N) is 1. The lowest BCUT2D eigenvalue weighted by atomic mass is 9.81. The number of ether oxygens (including phenoxy) is 2. The Kier molecular flexibility index (Phi) is 5.10. The van der Waals surface area contributed by atoms with E-state index in [4.69, 9.17) is 9.47 Å². The van der Waals surface area contributed by atoms with Crippen LogP contribution in [0.4, 0.5) is 13.2 Å². The summed E-state index contributed by atoms with van der Waals surface area (Å²) >= 11 is 0. The standard InChI is InChI=1S/C18H19F3N2O3/c1-18(8-25-9-18)14(7-22)23-17(24)11-4-5-12(10-2-3-10)13(6-11)26-16(21)15(19)20/h4-6,10,14-16H,2-3,8-9H2,1H3,(H,23,24). The molecule has 1 heterocycles. The number of carbonyl (C=O) groups is 1. The van der Waals surface area contributed by atoms with E-state index in [0.717, 1.165) is 12.8 Å². The van der Waals surface area contributed by atoms with E-state index in [1.165, 1.54) is 12.1 Å². The van der Waals surface area contributed by atoms with Gasteiger partial charge in [0.1, 0.15) is 11.8 Å². The molecule has 8 heteroatoms. The van der Waals surface area contributed by atoms with Crippen molar-refractivity contribution in [2.45, 2.75) is 44.5 Å². The third kappa shape index (κ3) is 3.78. The van der Waals surface area contributed by atoms with Gasteiger partial charge in [0.15, 0.2) is 0 Å². The lowest BCUT2D eigenvalue weighted by Gasteiger charge is -2.41. The second-order valence-corrected chi connectivity index (χ2v) is 7.01. The number of halogens is 3. The highest BCUT2D eigenvalue weighted by Gasteiger charge is 2.42.